The molecular formula is C19H21NO2S. The lowest BCUT2D eigenvalue weighted by molar-refractivity contribution is 0.605. The first-order valence-corrected chi connectivity index (χ1v) is 9.36. The Morgan fingerprint density at radius 3 is 2.43 bits per heavy atom. The van der Waals surface area contributed by atoms with Gasteiger partial charge in [-0.15, -0.1) is 0 Å². The molecule has 0 bridgehead atoms. The molecule has 2 aromatic rings. The van der Waals surface area contributed by atoms with E-state index in [2.05, 4.69) is 24.6 Å². The zero-order valence-corrected chi connectivity index (χ0v) is 14.2. The van der Waals surface area contributed by atoms with Gasteiger partial charge >= 0.3 is 0 Å². The van der Waals surface area contributed by atoms with E-state index in [0.717, 1.165) is 17.5 Å². The molecule has 0 fully saturated rings. The minimum atomic E-state index is -3.52. The highest BCUT2D eigenvalue weighted by Crippen LogP contribution is 2.30. The van der Waals surface area contributed by atoms with Crippen LogP contribution in [0.4, 0.5) is 5.69 Å². The third-order valence-electron chi connectivity index (χ3n) is 4.18. The van der Waals surface area contributed by atoms with Gasteiger partial charge in [0.05, 0.1) is 10.6 Å². The molecule has 0 aliphatic heterocycles. The second kappa shape index (κ2) is 6.20. The van der Waals surface area contributed by atoms with Gasteiger partial charge in [0.25, 0.3) is 10.0 Å². The molecule has 3 rings (SSSR count). The van der Waals surface area contributed by atoms with Gasteiger partial charge in [-0.3, -0.25) is 4.72 Å². The lowest BCUT2D eigenvalue weighted by Crippen LogP contribution is -2.18. The number of benzene rings is 2. The zero-order valence-electron chi connectivity index (χ0n) is 13.4. The second-order valence-corrected chi connectivity index (χ2v) is 7.89. The third kappa shape index (κ3) is 3.32. The molecule has 23 heavy (non-hydrogen) atoms. The Bertz CT molecular complexity index is 851. The number of hydrogen-bond acceptors (Lipinski definition) is 2. The van der Waals surface area contributed by atoms with E-state index in [9.17, 15) is 8.42 Å². The van der Waals surface area contributed by atoms with Crippen LogP contribution < -0.4 is 4.72 Å². The van der Waals surface area contributed by atoms with Crippen LogP contribution in [0.15, 0.2) is 53.4 Å². The first-order chi connectivity index (χ1) is 11.0. The Hall–Kier alpha value is -2.07. The van der Waals surface area contributed by atoms with Crippen molar-refractivity contribution in [1.29, 1.82) is 0 Å². The van der Waals surface area contributed by atoms with Crippen LogP contribution in [0, 0.1) is 0 Å². The summed E-state index contributed by atoms with van der Waals surface area (Å²) in [4.78, 5) is 0.453. The van der Waals surface area contributed by atoms with Crippen molar-refractivity contribution in [2.45, 2.75) is 32.6 Å². The van der Waals surface area contributed by atoms with Crippen molar-refractivity contribution in [3.05, 3.63) is 70.1 Å². The number of para-hydroxylation sites is 1. The number of hydrogen-bond donors (Lipinski definition) is 1. The minimum Gasteiger partial charge on any atom is -0.280 e. The van der Waals surface area contributed by atoms with E-state index < -0.39 is 10.0 Å². The summed E-state index contributed by atoms with van der Waals surface area (Å²) in [5, 5.41) is 0. The van der Waals surface area contributed by atoms with Crippen LogP contribution in [-0.4, -0.2) is 8.42 Å². The Kier molecular flexibility index (Phi) is 4.26. The fraction of sp³-hybridized carbons (Fsp3) is 0.263. The SMILES string of the molecule is CC(C)c1ccccc1NS(=O)(=O)C1=Cc2ccccc2CC1. The average molecular weight is 327 g/mol. The van der Waals surface area contributed by atoms with Gasteiger partial charge in [-0.2, -0.15) is 0 Å². The van der Waals surface area contributed by atoms with Crippen LogP contribution in [-0.2, 0) is 16.4 Å². The van der Waals surface area contributed by atoms with Crippen LogP contribution in [0.3, 0.4) is 0 Å². The van der Waals surface area contributed by atoms with Crippen molar-refractivity contribution >= 4 is 21.8 Å². The highest BCUT2D eigenvalue weighted by molar-refractivity contribution is 7.96. The smallest absolute Gasteiger partial charge is 0.258 e. The molecule has 0 radical (unpaired) electrons. The first kappa shape index (κ1) is 15.8. The standard InChI is InChI=1S/C19H21NO2S/c1-14(2)18-9-5-6-10-19(18)20-23(21,22)17-12-11-15-7-3-4-8-16(15)13-17/h3-10,13-14,20H,11-12H2,1-2H3. The number of anilines is 1. The van der Waals surface area contributed by atoms with E-state index in [1.165, 1.54) is 5.56 Å². The normalized spacial score (nSPS) is 14.3. The van der Waals surface area contributed by atoms with Crippen molar-refractivity contribution in [1.82, 2.24) is 0 Å². The molecule has 3 nitrogen and oxygen atoms in total. The molecule has 0 saturated heterocycles. The lowest BCUT2D eigenvalue weighted by Gasteiger charge is -2.19. The molecule has 1 aliphatic carbocycles. The molecule has 0 heterocycles. The number of sulfonamides is 1. The highest BCUT2D eigenvalue weighted by atomic mass is 32.2. The number of aryl methyl sites for hydroxylation is 1. The van der Waals surface area contributed by atoms with E-state index in [1.54, 1.807) is 6.08 Å². The van der Waals surface area contributed by atoms with Crippen molar-refractivity contribution in [2.75, 3.05) is 4.72 Å². The quantitative estimate of drug-likeness (QED) is 0.896. The number of nitrogens with one attached hydrogen (secondary N) is 1. The molecule has 0 saturated carbocycles. The summed E-state index contributed by atoms with van der Waals surface area (Å²) in [7, 11) is -3.52. The monoisotopic (exact) mass is 327 g/mol. The molecule has 0 atom stereocenters. The van der Waals surface area contributed by atoms with Crippen LogP contribution in [0.5, 0.6) is 0 Å². The molecule has 2 aromatic carbocycles. The molecule has 0 amide bonds. The number of fused-ring (bicyclic) bond motifs is 1. The van der Waals surface area contributed by atoms with Gasteiger partial charge in [-0.1, -0.05) is 56.3 Å². The largest absolute Gasteiger partial charge is 0.280 e. The zero-order chi connectivity index (χ0) is 16.4. The first-order valence-electron chi connectivity index (χ1n) is 7.87. The Morgan fingerprint density at radius 2 is 1.65 bits per heavy atom. The summed E-state index contributed by atoms with van der Waals surface area (Å²) >= 11 is 0. The fourth-order valence-corrected chi connectivity index (χ4v) is 4.18. The van der Waals surface area contributed by atoms with Crippen LogP contribution in [0.25, 0.3) is 6.08 Å². The summed E-state index contributed by atoms with van der Waals surface area (Å²) in [5.41, 5.74) is 3.88. The van der Waals surface area contributed by atoms with Crippen molar-refractivity contribution in [3.8, 4) is 0 Å². The van der Waals surface area contributed by atoms with Gasteiger partial charge in [-0.05, 0) is 47.6 Å². The van der Waals surface area contributed by atoms with Crippen molar-refractivity contribution < 1.29 is 8.42 Å². The average Bonchev–Trinajstić information content (AvgIpc) is 2.54. The Labute approximate surface area is 138 Å². The van der Waals surface area contributed by atoms with Gasteiger partial charge in [0.2, 0.25) is 0 Å². The Morgan fingerprint density at radius 1 is 0.957 bits per heavy atom. The summed E-state index contributed by atoms with van der Waals surface area (Å²) < 4.78 is 28.3. The third-order valence-corrected chi connectivity index (χ3v) is 5.69. The maximum Gasteiger partial charge on any atom is 0.258 e. The molecular weight excluding hydrogens is 306 g/mol. The molecule has 4 heteroatoms. The maximum absolute atomic E-state index is 12.8. The summed E-state index contributed by atoms with van der Waals surface area (Å²) in [5.74, 6) is 0.259. The molecule has 1 aliphatic rings. The van der Waals surface area contributed by atoms with E-state index in [1.807, 2.05) is 42.5 Å². The van der Waals surface area contributed by atoms with E-state index >= 15 is 0 Å². The van der Waals surface area contributed by atoms with E-state index in [-0.39, 0.29) is 5.92 Å². The summed E-state index contributed by atoms with van der Waals surface area (Å²) in [6.45, 7) is 4.12. The van der Waals surface area contributed by atoms with Gasteiger partial charge in [0, 0.05) is 0 Å². The van der Waals surface area contributed by atoms with Gasteiger partial charge in [-0.25, -0.2) is 8.42 Å². The minimum absolute atomic E-state index is 0.259. The molecule has 120 valence electrons. The van der Waals surface area contributed by atoms with Crippen LogP contribution in [0.1, 0.15) is 42.9 Å². The van der Waals surface area contributed by atoms with Gasteiger partial charge in [0.1, 0.15) is 0 Å². The lowest BCUT2D eigenvalue weighted by atomic mass is 9.98. The topological polar surface area (TPSA) is 46.2 Å². The maximum atomic E-state index is 12.8. The number of allylic oxidation sites excluding steroid dienone is 1. The molecule has 0 aromatic heterocycles. The van der Waals surface area contributed by atoms with Gasteiger partial charge in [0.15, 0.2) is 0 Å². The van der Waals surface area contributed by atoms with E-state index in [0.29, 0.717) is 17.0 Å². The van der Waals surface area contributed by atoms with Gasteiger partial charge < -0.3 is 0 Å². The predicted octanol–water partition coefficient (Wildman–Crippen LogP) is 4.54. The fourth-order valence-electron chi connectivity index (χ4n) is 2.92. The summed E-state index contributed by atoms with van der Waals surface area (Å²) in [6.07, 6.45) is 3.09. The molecule has 1 N–H and O–H groups in total. The highest BCUT2D eigenvalue weighted by Gasteiger charge is 2.22. The molecule has 0 spiro atoms. The summed E-state index contributed by atoms with van der Waals surface area (Å²) in [6, 6.07) is 15.5. The predicted molar refractivity (Wildman–Crippen MR) is 95.8 cm³/mol. The van der Waals surface area contributed by atoms with Crippen molar-refractivity contribution in [2.24, 2.45) is 0 Å². The van der Waals surface area contributed by atoms with Crippen LogP contribution in [0.2, 0.25) is 0 Å². The number of rotatable bonds is 4. The second-order valence-electron chi connectivity index (χ2n) is 6.16. The van der Waals surface area contributed by atoms with Crippen LogP contribution >= 0.6 is 0 Å². The van der Waals surface area contributed by atoms with Crippen molar-refractivity contribution in [3.63, 3.8) is 0 Å². The van der Waals surface area contributed by atoms with E-state index in [4.69, 9.17) is 0 Å². The molecule has 0 unspecified atom stereocenters. The Balaban J connectivity index is 1.94.